The number of likely N-dealkylation sites (tertiary alicyclic amines) is 1. The van der Waals surface area contributed by atoms with E-state index in [1.807, 2.05) is 24.3 Å². The van der Waals surface area contributed by atoms with Crippen LogP contribution in [0.2, 0.25) is 0 Å². The van der Waals surface area contributed by atoms with Crippen LogP contribution in [0.4, 0.5) is 5.69 Å². The fourth-order valence-electron chi connectivity index (χ4n) is 3.27. The van der Waals surface area contributed by atoms with Crippen LogP contribution in [0.1, 0.15) is 30.9 Å². The molecule has 0 spiro atoms. The van der Waals surface area contributed by atoms with E-state index in [1.165, 1.54) is 31.5 Å². The quantitative estimate of drug-likeness (QED) is 0.354. The molecule has 0 unspecified atom stereocenters. The standard InChI is InChI=1S/C22H30N4O.HI/c1-17-11-13-26(14-12-17)16-19-5-3-18(4-6-19)15-24-22(23)25-20-7-9-21(27-2)10-8-20;/h3-10,17H,11-16H2,1-2H3,(H3,23,24,25);1H. The molecule has 1 aliphatic rings. The lowest BCUT2D eigenvalue weighted by molar-refractivity contribution is 0.185. The zero-order valence-corrected chi connectivity index (χ0v) is 19.1. The van der Waals surface area contributed by atoms with Gasteiger partial charge < -0.3 is 15.8 Å². The van der Waals surface area contributed by atoms with Crippen molar-refractivity contribution >= 4 is 35.6 Å². The first-order valence-electron chi connectivity index (χ1n) is 9.63. The van der Waals surface area contributed by atoms with Gasteiger partial charge >= 0.3 is 0 Å². The van der Waals surface area contributed by atoms with Crippen molar-refractivity contribution in [2.45, 2.75) is 32.9 Å². The number of methoxy groups -OCH3 is 1. The molecule has 6 heteroatoms. The molecule has 1 heterocycles. The number of ether oxygens (including phenoxy) is 1. The van der Waals surface area contributed by atoms with E-state index in [1.54, 1.807) is 7.11 Å². The summed E-state index contributed by atoms with van der Waals surface area (Å²) >= 11 is 0. The average Bonchev–Trinajstić information content (AvgIpc) is 2.70. The Hall–Kier alpha value is -1.80. The molecule has 0 atom stereocenters. The van der Waals surface area contributed by atoms with Crippen molar-refractivity contribution in [1.29, 1.82) is 0 Å². The molecule has 3 rings (SSSR count). The molecule has 0 saturated carbocycles. The third-order valence-electron chi connectivity index (χ3n) is 5.10. The number of rotatable bonds is 6. The van der Waals surface area contributed by atoms with Gasteiger partial charge in [0, 0.05) is 12.2 Å². The number of hydrogen-bond donors (Lipinski definition) is 2. The first-order valence-corrected chi connectivity index (χ1v) is 9.63. The number of aliphatic imine (C=N–C) groups is 1. The minimum absolute atomic E-state index is 0. The molecule has 1 saturated heterocycles. The van der Waals surface area contributed by atoms with Crippen LogP contribution in [-0.4, -0.2) is 31.1 Å². The van der Waals surface area contributed by atoms with Gasteiger partial charge in [-0.25, -0.2) is 4.99 Å². The second-order valence-electron chi connectivity index (χ2n) is 7.33. The molecule has 5 nitrogen and oxygen atoms in total. The second-order valence-corrected chi connectivity index (χ2v) is 7.33. The molecular formula is C22H31IN4O. The van der Waals surface area contributed by atoms with Crippen molar-refractivity contribution in [3.8, 4) is 5.75 Å². The van der Waals surface area contributed by atoms with Crippen LogP contribution in [0.15, 0.2) is 53.5 Å². The number of guanidine groups is 1. The lowest BCUT2D eigenvalue weighted by Crippen LogP contribution is -2.32. The Bertz CT molecular complexity index is 738. The van der Waals surface area contributed by atoms with Gasteiger partial charge in [-0.3, -0.25) is 4.90 Å². The van der Waals surface area contributed by atoms with Gasteiger partial charge in [0.1, 0.15) is 5.75 Å². The van der Waals surface area contributed by atoms with Gasteiger partial charge in [-0.2, -0.15) is 0 Å². The summed E-state index contributed by atoms with van der Waals surface area (Å²) in [7, 11) is 1.65. The number of benzene rings is 2. The lowest BCUT2D eigenvalue weighted by Gasteiger charge is -2.30. The summed E-state index contributed by atoms with van der Waals surface area (Å²) in [5.41, 5.74) is 9.40. The van der Waals surface area contributed by atoms with Gasteiger partial charge in [0.15, 0.2) is 5.96 Å². The molecule has 0 aliphatic carbocycles. The maximum absolute atomic E-state index is 5.99. The van der Waals surface area contributed by atoms with Crippen molar-refractivity contribution in [2.24, 2.45) is 16.6 Å². The van der Waals surface area contributed by atoms with E-state index in [-0.39, 0.29) is 24.0 Å². The monoisotopic (exact) mass is 494 g/mol. The maximum atomic E-state index is 5.99. The van der Waals surface area contributed by atoms with Crippen LogP contribution in [0.25, 0.3) is 0 Å². The molecule has 2 aromatic rings. The number of hydrogen-bond acceptors (Lipinski definition) is 3. The minimum Gasteiger partial charge on any atom is -0.497 e. The molecule has 152 valence electrons. The summed E-state index contributed by atoms with van der Waals surface area (Å²) in [4.78, 5) is 6.97. The van der Waals surface area contributed by atoms with Crippen LogP contribution >= 0.6 is 24.0 Å². The van der Waals surface area contributed by atoms with Crippen LogP contribution in [-0.2, 0) is 13.1 Å². The molecule has 1 aliphatic heterocycles. The summed E-state index contributed by atoms with van der Waals surface area (Å²) in [6.07, 6.45) is 2.63. The number of halogens is 1. The zero-order chi connectivity index (χ0) is 19.1. The number of nitrogens with two attached hydrogens (primary N) is 1. The van der Waals surface area contributed by atoms with E-state index in [0.29, 0.717) is 12.5 Å². The SMILES string of the molecule is COc1ccc(NC(N)=NCc2ccc(CN3CCC(C)CC3)cc2)cc1.I. The van der Waals surface area contributed by atoms with Crippen molar-refractivity contribution in [3.05, 3.63) is 59.7 Å². The normalized spacial score (nSPS) is 15.7. The lowest BCUT2D eigenvalue weighted by atomic mass is 9.99. The first-order chi connectivity index (χ1) is 13.1. The molecule has 0 bridgehead atoms. The van der Waals surface area contributed by atoms with E-state index in [9.17, 15) is 0 Å². The maximum Gasteiger partial charge on any atom is 0.193 e. The van der Waals surface area contributed by atoms with E-state index < -0.39 is 0 Å². The topological polar surface area (TPSA) is 62.9 Å². The molecule has 0 aromatic heterocycles. The Balaban J connectivity index is 0.00000280. The van der Waals surface area contributed by atoms with Crippen molar-refractivity contribution in [2.75, 3.05) is 25.5 Å². The zero-order valence-electron chi connectivity index (χ0n) is 16.7. The van der Waals surface area contributed by atoms with Crippen molar-refractivity contribution in [3.63, 3.8) is 0 Å². The smallest absolute Gasteiger partial charge is 0.193 e. The van der Waals surface area contributed by atoms with Gasteiger partial charge in [0.25, 0.3) is 0 Å². The highest BCUT2D eigenvalue weighted by Crippen LogP contribution is 2.18. The molecular weight excluding hydrogens is 463 g/mol. The Kier molecular flexibility index (Phi) is 9.05. The third-order valence-corrected chi connectivity index (χ3v) is 5.10. The predicted molar refractivity (Wildman–Crippen MR) is 127 cm³/mol. The summed E-state index contributed by atoms with van der Waals surface area (Å²) in [6, 6.07) is 16.3. The molecule has 0 amide bonds. The second kappa shape index (κ2) is 11.3. The fourth-order valence-corrected chi connectivity index (χ4v) is 3.27. The van der Waals surface area contributed by atoms with Crippen molar-refractivity contribution < 1.29 is 4.74 Å². The number of nitrogens with one attached hydrogen (secondary N) is 1. The summed E-state index contributed by atoms with van der Waals surface area (Å²) in [6.45, 7) is 6.37. The minimum atomic E-state index is 0. The third kappa shape index (κ3) is 6.98. The molecule has 3 N–H and O–H groups in total. The number of nitrogens with zero attached hydrogens (tertiary/aromatic N) is 2. The highest BCUT2D eigenvalue weighted by molar-refractivity contribution is 14.0. The van der Waals surface area contributed by atoms with Crippen molar-refractivity contribution in [1.82, 2.24) is 4.90 Å². The first kappa shape index (κ1) is 22.5. The van der Waals surface area contributed by atoms with E-state index in [2.05, 4.69) is 46.4 Å². The van der Waals surface area contributed by atoms with Gasteiger partial charge in [-0.1, -0.05) is 31.2 Å². The number of piperidine rings is 1. The fraction of sp³-hybridized carbons (Fsp3) is 0.409. The predicted octanol–water partition coefficient (Wildman–Crippen LogP) is 4.47. The summed E-state index contributed by atoms with van der Waals surface area (Å²) in [5, 5.41) is 3.10. The van der Waals surface area contributed by atoms with E-state index >= 15 is 0 Å². The average molecular weight is 494 g/mol. The van der Waals surface area contributed by atoms with Gasteiger partial charge in [-0.15, -0.1) is 24.0 Å². The molecule has 1 fully saturated rings. The van der Waals surface area contributed by atoms with Crippen LogP contribution < -0.4 is 15.8 Å². The van der Waals surface area contributed by atoms with Gasteiger partial charge in [-0.05, 0) is 67.2 Å². The Morgan fingerprint density at radius 2 is 1.68 bits per heavy atom. The number of anilines is 1. The van der Waals surface area contributed by atoms with Crippen LogP contribution in [0, 0.1) is 5.92 Å². The molecule has 2 aromatic carbocycles. The summed E-state index contributed by atoms with van der Waals surface area (Å²) < 4.78 is 5.15. The van der Waals surface area contributed by atoms with Gasteiger partial charge in [0.2, 0.25) is 0 Å². The molecule has 0 radical (unpaired) electrons. The molecule has 28 heavy (non-hydrogen) atoms. The highest BCUT2D eigenvalue weighted by Gasteiger charge is 2.15. The van der Waals surface area contributed by atoms with E-state index in [0.717, 1.165) is 29.5 Å². The van der Waals surface area contributed by atoms with Crippen LogP contribution in [0.3, 0.4) is 0 Å². The Morgan fingerprint density at radius 1 is 1.07 bits per heavy atom. The van der Waals surface area contributed by atoms with Crippen LogP contribution in [0.5, 0.6) is 5.75 Å². The summed E-state index contributed by atoms with van der Waals surface area (Å²) in [5.74, 6) is 2.10. The van der Waals surface area contributed by atoms with E-state index in [4.69, 9.17) is 10.5 Å². The Labute approximate surface area is 185 Å². The Morgan fingerprint density at radius 3 is 2.29 bits per heavy atom. The van der Waals surface area contributed by atoms with Gasteiger partial charge in [0.05, 0.1) is 13.7 Å². The largest absolute Gasteiger partial charge is 0.497 e. The highest BCUT2D eigenvalue weighted by atomic mass is 127.